The van der Waals surface area contributed by atoms with Gasteiger partial charge in [0.25, 0.3) is 0 Å². The number of amides is 1. The quantitative estimate of drug-likeness (QED) is 0.806. The SMILES string of the molecule is CCC(NC(C)C(=O)NCC(C)C)c1cccc(F)c1. The predicted molar refractivity (Wildman–Crippen MR) is 79.9 cm³/mol. The zero-order chi connectivity index (χ0) is 15.1. The van der Waals surface area contributed by atoms with Crippen LogP contribution in [-0.4, -0.2) is 18.5 Å². The second kappa shape index (κ2) is 8.00. The van der Waals surface area contributed by atoms with E-state index in [4.69, 9.17) is 0 Å². The van der Waals surface area contributed by atoms with Crippen molar-refractivity contribution in [3.63, 3.8) is 0 Å². The highest BCUT2D eigenvalue weighted by Crippen LogP contribution is 2.18. The molecule has 1 aromatic carbocycles. The van der Waals surface area contributed by atoms with Crippen molar-refractivity contribution in [2.24, 2.45) is 5.92 Å². The number of carbonyl (C=O) groups excluding carboxylic acids is 1. The van der Waals surface area contributed by atoms with Crippen LogP contribution in [0.1, 0.15) is 45.7 Å². The molecule has 0 heterocycles. The van der Waals surface area contributed by atoms with Crippen molar-refractivity contribution < 1.29 is 9.18 Å². The van der Waals surface area contributed by atoms with Gasteiger partial charge in [0.1, 0.15) is 5.82 Å². The molecular weight excluding hydrogens is 255 g/mol. The minimum atomic E-state index is -0.304. The second-order valence-electron chi connectivity index (χ2n) is 5.54. The number of benzene rings is 1. The van der Waals surface area contributed by atoms with E-state index in [0.717, 1.165) is 12.0 Å². The highest BCUT2D eigenvalue weighted by molar-refractivity contribution is 5.81. The zero-order valence-corrected chi connectivity index (χ0v) is 12.7. The third-order valence-electron chi connectivity index (χ3n) is 3.19. The van der Waals surface area contributed by atoms with Gasteiger partial charge in [-0.15, -0.1) is 0 Å². The molecule has 0 aromatic heterocycles. The molecule has 0 fully saturated rings. The van der Waals surface area contributed by atoms with Gasteiger partial charge >= 0.3 is 0 Å². The molecule has 0 aliphatic carbocycles. The Morgan fingerprint density at radius 1 is 1.30 bits per heavy atom. The van der Waals surface area contributed by atoms with Crippen molar-refractivity contribution in [2.75, 3.05) is 6.54 Å². The molecule has 3 nitrogen and oxygen atoms in total. The predicted octanol–water partition coefficient (Wildman–Crippen LogP) is 3.03. The van der Waals surface area contributed by atoms with Gasteiger partial charge < -0.3 is 5.32 Å². The molecule has 1 amide bonds. The maximum absolute atomic E-state index is 13.3. The lowest BCUT2D eigenvalue weighted by atomic mass is 10.0. The number of carbonyl (C=O) groups is 1. The standard InChI is InChI=1S/C16H25FN2O/c1-5-15(13-7-6-8-14(17)9-13)19-12(4)16(20)18-10-11(2)3/h6-9,11-12,15,19H,5,10H2,1-4H3,(H,18,20). The maximum atomic E-state index is 13.3. The van der Waals surface area contributed by atoms with Gasteiger partial charge in [-0.2, -0.15) is 0 Å². The van der Waals surface area contributed by atoms with Crippen LogP contribution in [0.5, 0.6) is 0 Å². The number of rotatable bonds is 7. The molecular formula is C16H25FN2O. The van der Waals surface area contributed by atoms with Crippen molar-refractivity contribution in [3.05, 3.63) is 35.6 Å². The number of hydrogen-bond acceptors (Lipinski definition) is 2. The van der Waals surface area contributed by atoms with Gasteiger partial charge in [-0.3, -0.25) is 10.1 Å². The molecule has 0 radical (unpaired) electrons. The molecule has 4 heteroatoms. The summed E-state index contributed by atoms with van der Waals surface area (Å²) in [7, 11) is 0. The number of halogens is 1. The summed E-state index contributed by atoms with van der Waals surface area (Å²) in [4.78, 5) is 11.9. The van der Waals surface area contributed by atoms with E-state index in [1.54, 1.807) is 6.07 Å². The summed E-state index contributed by atoms with van der Waals surface area (Å²) in [6, 6.07) is 6.18. The van der Waals surface area contributed by atoms with Crippen molar-refractivity contribution in [1.82, 2.24) is 10.6 Å². The highest BCUT2D eigenvalue weighted by atomic mass is 19.1. The molecule has 1 rings (SSSR count). The van der Waals surface area contributed by atoms with Gasteiger partial charge in [0.05, 0.1) is 6.04 Å². The van der Waals surface area contributed by atoms with Gasteiger partial charge in [-0.1, -0.05) is 32.9 Å². The first-order valence-electron chi connectivity index (χ1n) is 7.23. The number of hydrogen-bond donors (Lipinski definition) is 2. The van der Waals surface area contributed by atoms with Crippen LogP contribution in [0.2, 0.25) is 0 Å². The molecule has 0 aliphatic heterocycles. The van der Waals surface area contributed by atoms with Gasteiger partial charge in [0.2, 0.25) is 5.91 Å². The summed E-state index contributed by atoms with van der Waals surface area (Å²) in [5.41, 5.74) is 0.871. The van der Waals surface area contributed by atoms with Crippen LogP contribution in [0.4, 0.5) is 4.39 Å². The van der Waals surface area contributed by atoms with Crippen molar-refractivity contribution in [3.8, 4) is 0 Å². The smallest absolute Gasteiger partial charge is 0.236 e. The van der Waals surface area contributed by atoms with E-state index < -0.39 is 0 Å². The van der Waals surface area contributed by atoms with Crippen LogP contribution >= 0.6 is 0 Å². The average molecular weight is 280 g/mol. The summed E-state index contributed by atoms with van der Waals surface area (Å²) in [6.07, 6.45) is 0.797. The van der Waals surface area contributed by atoms with E-state index >= 15 is 0 Å². The Labute approximate surface area is 121 Å². The van der Waals surface area contributed by atoms with Crippen LogP contribution < -0.4 is 10.6 Å². The first-order chi connectivity index (χ1) is 9.43. The molecule has 2 unspecified atom stereocenters. The van der Waals surface area contributed by atoms with Gasteiger partial charge in [0, 0.05) is 12.6 Å². The summed E-state index contributed by atoms with van der Waals surface area (Å²) >= 11 is 0. The van der Waals surface area contributed by atoms with Crippen molar-refractivity contribution in [2.45, 2.75) is 46.2 Å². The third-order valence-corrected chi connectivity index (χ3v) is 3.19. The lowest BCUT2D eigenvalue weighted by Crippen LogP contribution is -2.44. The van der Waals surface area contributed by atoms with E-state index in [-0.39, 0.29) is 23.8 Å². The largest absolute Gasteiger partial charge is 0.354 e. The maximum Gasteiger partial charge on any atom is 0.236 e. The third kappa shape index (κ3) is 5.29. The topological polar surface area (TPSA) is 41.1 Å². The fraction of sp³-hybridized carbons (Fsp3) is 0.562. The van der Waals surface area contributed by atoms with Crippen LogP contribution in [0.15, 0.2) is 24.3 Å². The summed E-state index contributed by atoms with van der Waals surface area (Å²) in [6.45, 7) is 8.63. The van der Waals surface area contributed by atoms with Gasteiger partial charge in [-0.05, 0) is 37.0 Å². The van der Waals surface area contributed by atoms with Crippen molar-refractivity contribution in [1.29, 1.82) is 0 Å². The first-order valence-corrected chi connectivity index (χ1v) is 7.23. The van der Waals surface area contributed by atoms with Crippen LogP contribution in [0, 0.1) is 11.7 Å². The molecule has 1 aromatic rings. The fourth-order valence-electron chi connectivity index (χ4n) is 2.01. The van der Waals surface area contributed by atoms with E-state index in [0.29, 0.717) is 12.5 Å². The monoisotopic (exact) mass is 280 g/mol. The minimum absolute atomic E-state index is 0.0199. The second-order valence-corrected chi connectivity index (χ2v) is 5.54. The Kier molecular flexibility index (Phi) is 6.65. The molecule has 112 valence electrons. The average Bonchev–Trinajstić information content (AvgIpc) is 2.41. The molecule has 0 saturated heterocycles. The Hall–Kier alpha value is -1.42. The van der Waals surface area contributed by atoms with E-state index in [1.807, 2.05) is 19.9 Å². The molecule has 0 aliphatic rings. The Morgan fingerprint density at radius 2 is 2.00 bits per heavy atom. The molecule has 2 atom stereocenters. The Balaban J connectivity index is 2.61. The van der Waals surface area contributed by atoms with Gasteiger partial charge in [0.15, 0.2) is 0 Å². The lowest BCUT2D eigenvalue weighted by Gasteiger charge is -2.22. The lowest BCUT2D eigenvalue weighted by molar-refractivity contribution is -0.123. The molecule has 20 heavy (non-hydrogen) atoms. The summed E-state index contributed by atoms with van der Waals surface area (Å²) in [5.74, 6) is 0.157. The highest BCUT2D eigenvalue weighted by Gasteiger charge is 2.18. The van der Waals surface area contributed by atoms with E-state index in [2.05, 4.69) is 24.5 Å². The minimum Gasteiger partial charge on any atom is -0.354 e. The summed E-state index contributed by atoms with van der Waals surface area (Å²) < 4.78 is 13.3. The zero-order valence-electron chi connectivity index (χ0n) is 12.7. The van der Waals surface area contributed by atoms with E-state index in [1.165, 1.54) is 12.1 Å². The molecule has 0 saturated carbocycles. The molecule has 2 N–H and O–H groups in total. The molecule has 0 bridgehead atoms. The fourth-order valence-corrected chi connectivity index (χ4v) is 2.01. The van der Waals surface area contributed by atoms with Gasteiger partial charge in [-0.25, -0.2) is 4.39 Å². The van der Waals surface area contributed by atoms with Crippen molar-refractivity contribution >= 4 is 5.91 Å². The normalized spacial score (nSPS) is 14.1. The number of nitrogens with one attached hydrogen (secondary N) is 2. The van der Waals surface area contributed by atoms with E-state index in [9.17, 15) is 9.18 Å². The van der Waals surface area contributed by atoms with Crippen LogP contribution in [0.3, 0.4) is 0 Å². The van der Waals surface area contributed by atoms with Crippen LogP contribution in [0.25, 0.3) is 0 Å². The Bertz CT molecular complexity index is 434. The first kappa shape index (κ1) is 16.6. The summed E-state index contributed by atoms with van der Waals surface area (Å²) in [5, 5.41) is 6.15. The Morgan fingerprint density at radius 3 is 2.55 bits per heavy atom. The molecule has 0 spiro atoms. The van der Waals surface area contributed by atoms with Crippen LogP contribution in [-0.2, 0) is 4.79 Å².